The summed E-state index contributed by atoms with van der Waals surface area (Å²) in [6.45, 7) is 0.479. The maximum atomic E-state index is 13.7. The van der Waals surface area contributed by atoms with E-state index >= 15 is 0 Å². The summed E-state index contributed by atoms with van der Waals surface area (Å²) in [7, 11) is 0. The molecule has 0 radical (unpaired) electrons. The van der Waals surface area contributed by atoms with Crippen molar-refractivity contribution in [2.45, 2.75) is 19.0 Å². The first kappa shape index (κ1) is 14.9. The molecule has 2 rings (SSSR count). The van der Waals surface area contributed by atoms with Gasteiger partial charge in [-0.1, -0.05) is 11.3 Å². The highest BCUT2D eigenvalue weighted by atomic mass is 32.1. The predicted octanol–water partition coefficient (Wildman–Crippen LogP) is 3.25. The minimum Gasteiger partial charge on any atom is -0.330 e. The number of hydrogen-bond acceptors (Lipinski definition) is 4. The molecule has 0 bridgehead atoms. The molecule has 108 valence electrons. The van der Waals surface area contributed by atoms with Gasteiger partial charge in [-0.3, -0.25) is 0 Å². The lowest BCUT2D eigenvalue weighted by Crippen LogP contribution is -2.05. The topological polar surface area (TPSA) is 51.8 Å². The van der Waals surface area contributed by atoms with Crippen molar-refractivity contribution in [3.63, 3.8) is 0 Å². The van der Waals surface area contributed by atoms with Crippen LogP contribution in [0.1, 0.15) is 17.0 Å². The van der Waals surface area contributed by atoms with E-state index in [9.17, 15) is 17.6 Å². The molecule has 0 aliphatic heterocycles. The molecule has 0 atom stereocenters. The molecule has 3 nitrogen and oxygen atoms in total. The highest BCUT2D eigenvalue weighted by Gasteiger charge is 2.31. The van der Waals surface area contributed by atoms with Crippen molar-refractivity contribution >= 4 is 11.3 Å². The van der Waals surface area contributed by atoms with E-state index < -0.39 is 17.6 Å². The van der Waals surface area contributed by atoms with Gasteiger partial charge in [0.05, 0.1) is 5.56 Å². The SMILES string of the molecule is NCCCc1nnc(-c2cc(C(F)(F)F)ccc2F)s1. The standard InChI is InChI=1S/C12H11F4N3S/c13-9-4-3-7(12(14,15)16)6-8(9)11-19-18-10(20-11)2-1-5-17/h3-4,6H,1-2,5,17H2. The molecule has 0 fully saturated rings. The summed E-state index contributed by atoms with van der Waals surface area (Å²) in [6, 6.07) is 2.25. The highest BCUT2D eigenvalue weighted by molar-refractivity contribution is 7.14. The fraction of sp³-hybridized carbons (Fsp3) is 0.333. The van der Waals surface area contributed by atoms with Crippen molar-refractivity contribution in [1.29, 1.82) is 0 Å². The number of benzene rings is 1. The Bertz CT molecular complexity index is 595. The number of aryl methyl sites for hydroxylation is 1. The number of nitrogens with zero attached hydrogens (tertiary/aromatic N) is 2. The molecule has 2 N–H and O–H groups in total. The lowest BCUT2D eigenvalue weighted by Gasteiger charge is -2.07. The molecule has 0 saturated carbocycles. The van der Waals surface area contributed by atoms with Gasteiger partial charge >= 0.3 is 6.18 Å². The Balaban J connectivity index is 2.34. The largest absolute Gasteiger partial charge is 0.416 e. The first-order chi connectivity index (χ1) is 9.41. The van der Waals surface area contributed by atoms with Gasteiger partial charge in [0.2, 0.25) is 0 Å². The van der Waals surface area contributed by atoms with Crippen LogP contribution in [0.4, 0.5) is 17.6 Å². The zero-order chi connectivity index (χ0) is 14.8. The molecule has 1 aromatic heterocycles. The average molecular weight is 305 g/mol. The second-order valence-corrected chi connectivity index (χ2v) is 5.15. The molecule has 0 aliphatic carbocycles. The van der Waals surface area contributed by atoms with Gasteiger partial charge in [0.25, 0.3) is 0 Å². The van der Waals surface area contributed by atoms with Crippen LogP contribution >= 0.6 is 11.3 Å². The highest BCUT2D eigenvalue weighted by Crippen LogP contribution is 2.34. The van der Waals surface area contributed by atoms with Crippen molar-refractivity contribution in [2.24, 2.45) is 5.73 Å². The van der Waals surface area contributed by atoms with Gasteiger partial charge in [0.15, 0.2) is 5.01 Å². The molecular weight excluding hydrogens is 294 g/mol. The van der Waals surface area contributed by atoms with E-state index in [0.29, 0.717) is 30.5 Å². The van der Waals surface area contributed by atoms with Gasteiger partial charge in [-0.15, -0.1) is 10.2 Å². The Morgan fingerprint density at radius 1 is 1.20 bits per heavy atom. The Kier molecular flexibility index (Phi) is 4.34. The van der Waals surface area contributed by atoms with Gasteiger partial charge < -0.3 is 5.73 Å². The summed E-state index contributed by atoms with van der Waals surface area (Å²) in [5.41, 5.74) is 4.26. The summed E-state index contributed by atoms with van der Waals surface area (Å²) < 4.78 is 51.5. The minimum absolute atomic E-state index is 0.139. The van der Waals surface area contributed by atoms with Gasteiger partial charge in [-0.2, -0.15) is 13.2 Å². The van der Waals surface area contributed by atoms with E-state index in [4.69, 9.17) is 5.73 Å². The third kappa shape index (κ3) is 3.31. The third-order valence-corrected chi connectivity index (χ3v) is 3.60. The van der Waals surface area contributed by atoms with Gasteiger partial charge in [0, 0.05) is 12.0 Å². The van der Waals surface area contributed by atoms with Crippen molar-refractivity contribution in [2.75, 3.05) is 6.54 Å². The van der Waals surface area contributed by atoms with Crippen LogP contribution in [0.25, 0.3) is 10.6 Å². The Morgan fingerprint density at radius 3 is 2.60 bits per heavy atom. The van der Waals surface area contributed by atoms with E-state index in [-0.39, 0.29) is 10.6 Å². The molecule has 8 heteroatoms. The number of nitrogens with two attached hydrogens (primary N) is 1. The molecule has 1 aromatic carbocycles. The molecule has 0 spiro atoms. The lowest BCUT2D eigenvalue weighted by atomic mass is 10.1. The summed E-state index contributed by atoms with van der Waals surface area (Å²) >= 11 is 1.07. The molecule has 20 heavy (non-hydrogen) atoms. The third-order valence-electron chi connectivity index (χ3n) is 2.59. The Labute approximate surface area is 116 Å². The first-order valence-electron chi connectivity index (χ1n) is 5.81. The quantitative estimate of drug-likeness (QED) is 0.882. The van der Waals surface area contributed by atoms with Crippen LogP contribution in [0.15, 0.2) is 18.2 Å². The number of alkyl halides is 3. The van der Waals surface area contributed by atoms with Crippen LogP contribution in [-0.4, -0.2) is 16.7 Å². The maximum absolute atomic E-state index is 13.7. The zero-order valence-electron chi connectivity index (χ0n) is 10.2. The van der Waals surface area contributed by atoms with E-state index in [1.165, 1.54) is 0 Å². The van der Waals surface area contributed by atoms with Crippen molar-refractivity contribution < 1.29 is 17.6 Å². The smallest absolute Gasteiger partial charge is 0.330 e. The fourth-order valence-electron chi connectivity index (χ4n) is 1.58. The molecule has 0 aliphatic rings. The van der Waals surface area contributed by atoms with Gasteiger partial charge in [-0.05, 0) is 31.2 Å². The minimum atomic E-state index is -4.52. The van der Waals surface area contributed by atoms with Crippen LogP contribution in [-0.2, 0) is 12.6 Å². The number of halogens is 4. The Morgan fingerprint density at radius 2 is 1.95 bits per heavy atom. The summed E-state index contributed by atoms with van der Waals surface area (Å²) in [5.74, 6) is -0.750. The van der Waals surface area contributed by atoms with E-state index in [0.717, 1.165) is 23.5 Å². The molecule has 0 unspecified atom stereocenters. The van der Waals surface area contributed by atoms with Gasteiger partial charge in [-0.25, -0.2) is 4.39 Å². The van der Waals surface area contributed by atoms with E-state index in [1.807, 2.05) is 0 Å². The number of hydrogen-bond donors (Lipinski definition) is 1. The normalized spacial score (nSPS) is 11.8. The monoisotopic (exact) mass is 305 g/mol. The Hall–Kier alpha value is -1.54. The van der Waals surface area contributed by atoms with Crippen LogP contribution in [0, 0.1) is 5.82 Å². The summed E-state index contributed by atoms with van der Waals surface area (Å²) in [6.07, 6.45) is -3.25. The van der Waals surface area contributed by atoms with Crippen molar-refractivity contribution in [1.82, 2.24) is 10.2 Å². The second kappa shape index (κ2) is 5.84. The summed E-state index contributed by atoms with van der Waals surface area (Å²) in [4.78, 5) is 0. The molecule has 2 aromatic rings. The van der Waals surface area contributed by atoms with Crippen LogP contribution in [0.5, 0.6) is 0 Å². The summed E-state index contributed by atoms with van der Waals surface area (Å²) in [5, 5.41) is 8.34. The molecular formula is C12H11F4N3S. The number of aromatic nitrogens is 2. The van der Waals surface area contributed by atoms with Crippen molar-refractivity contribution in [3.8, 4) is 10.6 Å². The van der Waals surface area contributed by atoms with E-state index in [2.05, 4.69) is 10.2 Å². The predicted molar refractivity (Wildman–Crippen MR) is 67.7 cm³/mol. The van der Waals surface area contributed by atoms with Crippen LogP contribution in [0.3, 0.4) is 0 Å². The maximum Gasteiger partial charge on any atom is 0.416 e. The molecule has 1 heterocycles. The van der Waals surface area contributed by atoms with Crippen LogP contribution < -0.4 is 5.73 Å². The fourth-order valence-corrected chi connectivity index (χ4v) is 2.48. The average Bonchev–Trinajstić information content (AvgIpc) is 2.84. The van der Waals surface area contributed by atoms with Crippen LogP contribution in [0.2, 0.25) is 0 Å². The van der Waals surface area contributed by atoms with Crippen molar-refractivity contribution in [3.05, 3.63) is 34.6 Å². The zero-order valence-corrected chi connectivity index (χ0v) is 11.1. The van der Waals surface area contributed by atoms with E-state index in [1.54, 1.807) is 0 Å². The first-order valence-corrected chi connectivity index (χ1v) is 6.63. The number of rotatable bonds is 4. The molecule has 0 amide bonds. The second-order valence-electron chi connectivity index (χ2n) is 4.09. The lowest BCUT2D eigenvalue weighted by molar-refractivity contribution is -0.137. The van der Waals surface area contributed by atoms with Gasteiger partial charge in [0.1, 0.15) is 10.8 Å². The molecule has 0 saturated heterocycles.